The second-order valence-electron chi connectivity index (χ2n) is 17.5. The van der Waals surface area contributed by atoms with Crippen molar-refractivity contribution in [3.63, 3.8) is 0 Å². The third kappa shape index (κ3) is 22.1. The van der Waals surface area contributed by atoms with E-state index in [9.17, 15) is 19.2 Å². The molecule has 6 aromatic heterocycles. The number of carbonyl (C=O) groups excluding carboxylic acids is 2. The molecule has 450 valence electrons. The number of hydrogen-bond donors (Lipinski definition) is 1. The van der Waals surface area contributed by atoms with Crippen molar-refractivity contribution in [1.29, 1.82) is 0 Å². The highest BCUT2D eigenvalue weighted by molar-refractivity contribution is 6.31. The van der Waals surface area contributed by atoms with Crippen molar-refractivity contribution in [3.8, 4) is 141 Å². The maximum Gasteiger partial charge on any atom is 0.297 e. The molecule has 0 amide bonds. The average molecular weight is 1260 g/mol. The number of nitrogens with one attached hydrogen (secondary N) is 1. The molecule has 21 heteroatoms. The summed E-state index contributed by atoms with van der Waals surface area (Å²) in [6.45, 7) is 4.58. The van der Waals surface area contributed by atoms with Gasteiger partial charge in [-0.15, -0.1) is 0 Å². The van der Waals surface area contributed by atoms with Gasteiger partial charge >= 0.3 is 0 Å². The molecule has 18 nitrogen and oxygen atoms in total. The summed E-state index contributed by atoms with van der Waals surface area (Å²) in [5.74, 6) is 44.9. The van der Waals surface area contributed by atoms with E-state index >= 15 is 0 Å². The van der Waals surface area contributed by atoms with Crippen molar-refractivity contribution < 1.29 is 28.1 Å². The number of Topliss-reactive ketones (excluding diaryl/α,β-unsaturated/α-hetero) is 2. The number of halogens is 3. The standard InChI is InChI=1S/C24H22ClN5O4.C20H6.C13H13ClN2.C11H10ClN3O4.CH4/c1-29(13-17-7-5-9-26-20(17)16-6-4-8-18(25)11-16)24-28-21(22(33-3)23(32)30(24)2)19(31)10-15-12-27-34-14-15;1-3-5-7-9-11-13-15-17-19-20-18-16-14-12-10-8-6-4-2;1-15-9-11-5-3-7-16-13(11)10-4-2-6-12(14)8-10;1-15-10(17)9(18-2)8(14-11(15)12)7(16)3-6-4-13-19-5-6;/h4-9,11-12,14H,10,13H2,1-3H3;1-2H3;2-8,15H,9H2,1H3;4-5H,3H2,1-2H3;1H4. The Hall–Kier alpha value is -11.5. The monoisotopic (exact) mass is 1260 g/mol. The van der Waals surface area contributed by atoms with Crippen LogP contribution in [0.2, 0.25) is 15.3 Å². The van der Waals surface area contributed by atoms with Crippen molar-refractivity contribution in [2.45, 2.75) is 47.2 Å². The fourth-order valence-corrected chi connectivity index (χ4v) is 7.94. The van der Waals surface area contributed by atoms with Crippen molar-refractivity contribution >= 4 is 52.3 Å². The van der Waals surface area contributed by atoms with Crippen molar-refractivity contribution in [3.05, 3.63) is 180 Å². The van der Waals surface area contributed by atoms with Crippen LogP contribution in [0.5, 0.6) is 11.5 Å². The molecule has 90 heavy (non-hydrogen) atoms. The van der Waals surface area contributed by atoms with E-state index in [0.717, 1.165) is 44.2 Å². The lowest BCUT2D eigenvalue weighted by Gasteiger charge is -2.23. The molecule has 0 bridgehead atoms. The van der Waals surface area contributed by atoms with E-state index in [4.69, 9.17) is 48.8 Å². The smallest absolute Gasteiger partial charge is 0.297 e. The summed E-state index contributed by atoms with van der Waals surface area (Å²) in [5, 5.41) is 11.5. The molecule has 8 rings (SSSR count). The Morgan fingerprint density at radius 2 is 1.00 bits per heavy atom. The lowest BCUT2D eigenvalue weighted by Crippen LogP contribution is -2.31. The van der Waals surface area contributed by atoms with Crippen LogP contribution in [0.3, 0.4) is 0 Å². The predicted molar refractivity (Wildman–Crippen MR) is 348 cm³/mol. The minimum Gasteiger partial charge on any atom is -0.489 e. The van der Waals surface area contributed by atoms with E-state index in [-0.39, 0.29) is 54.2 Å². The number of ketones is 2. The van der Waals surface area contributed by atoms with Gasteiger partial charge in [0.1, 0.15) is 12.5 Å². The number of aromatic nitrogens is 8. The minimum atomic E-state index is -0.517. The number of hydrogen-bond acceptors (Lipinski definition) is 16. The highest BCUT2D eigenvalue weighted by Crippen LogP contribution is 2.27. The molecule has 0 spiro atoms. The molecule has 1 N–H and O–H groups in total. The van der Waals surface area contributed by atoms with E-state index in [1.54, 1.807) is 51.3 Å². The van der Waals surface area contributed by atoms with Crippen LogP contribution in [0.25, 0.3) is 22.5 Å². The summed E-state index contributed by atoms with van der Waals surface area (Å²) >= 11 is 17.9. The van der Waals surface area contributed by atoms with Gasteiger partial charge in [-0.1, -0.05) is 89.2 Å². The van der Waals surface area contributed by atoms with Crippen LogP contribution in [0.1, 0.15) is 64.5 Å². The normalized spacial score (nSPS) is 9.01. The van der Waals surface area contributed by atoms with Crippen LogP contribution < -0.4 is 30.8 Å². The molecule has 6 heterocycles. The molecule has 0 aliphatic heterocycles. The molecule has 2 aromatic carbocycles. The van der Waals surface area contributed by atoms with E-state index in [0.29, 0.717) is 28.6 Å². The van der Waals surface area contributed by atoms with Gasteiger partial charge in [0.2, 0.25) is 22.7 Å². The average Bonchev–Trinajstić information content (AvgIpc) is 1.35. The molecular weight excluding hydrogens is 1200 g/mol. The summed E-state index contributed by atoms with van der Waals surface area (Å²) in [6.07, 6.45) is 9.05. The maximum absolute atomic E-state index is 13.0. The van der Waals surface area contributed by atoms with Crippen molar-refractivity contribution in [2.24, 2.45) is 14.1 Å². The fraction of sp³-hybridized carbons (Fsp3) is 0.188. The van der Waals surface area contributed by atoms with Crippen LogP contribution in [0, 0.1) is 107 Å². The van der Waals surface area contributed by atoms with Crippen LogP contribution >= 0.6 is 34.8 Å². The maximum atomic E-state index is 13.0. The van der Waals surface area contributed by atoms with Crippen LogP contribution in [0.15, 0.2) is 129 Å². The second kappa shape index (κ2) is 38.6. The number of pyridine rings is 2. The molecule has 8 aromatic rings. The van der Waals surface area contributed by atoms with Crippen molar-refractivity contribution in [1.82, 2.24) is 44.7 Å². The highest BCUT2D eigenvalue weighted by Gasteiger charge is 2.25. The Morgan fingerprint density at radius 3 is 1.40 bits per heavy atom. The highest BCUT2D eigenvalue weighted by atomic mass is 35.5. The van der Waals surface area contributed by atoms with Gasteiger partial charge in [-0.05, 0) is 175 Å². The Kier molecular flexibility index (Phi) is 30.4. The van der Waals surface area contributed by atoms with Gasteiger partial charge in [-0.3, -0.25) is 38.3 Å². The Bertz CT molecular complexity index is 4490. The summed E-state index contributed by atoms with van der Waals surface area (Å²) < 4.78 is 22.0. The largest absolute Gasteiger partial charge is 0.489 e. The Balaban J connectivity index is 0.000000269. The Morgan fingerprint density at radius 1 is 0.589 bits per heavy atom. The zero-order valence-electron chi connectivity index (χ0n) is 49.1. The lowest BCUT2D eigenvalue weighted by atomic mass is 10.1. The number of carbonyl (C=O) groups is 2. The molecule has 0 saturated heterocycles. The van der Waals surface area contributed by atoms with Gasteiger partial charge in [0.25, 0.3) is 11.1 Å². The van der Waals surface area contributed by atoms with Gasteiger partial charge in [0.05, 0.1) is 38.0 Å². The second-order valence-corrected chi connectivity index (χ2v) is 18.7. The number of rotatable bonds is 15. The lowest BCUT2D eigenvalue weighted by molar-refractivity contribution is 0.0975. The molecule has 0 saturated carbocycles. The first kappa shape index (κ1) is 71.0. The van der Waals surface area contributed by atoms with Crippen molar-refractivity contribution in [2.75, 3.05) is 33.2 Å². The first-order chi connectivity index (χ1) is 43.1. The van der Waals surface area contributed by atoms with E-state index in [1.165, 1.54) is 56.3 Å². The first-order valence-corrected chi connectivity index (χ1v) is 27.2. The summed E-state index contributed by atoms with van der Waals surface area (Å²) in [5.41, 5.74) is 5.77. The third-order valence-corrected chi connectivity index (χ3v) is 12.1. The van der Waals surface area contributed by atoms with Crippen LogP contribution in [-0.4, -0.2) is 79.3 Å². The molecule has 0 unspecified atom stereocenters. The molecular formula is C69H55Cl3N10O8. The summed E-state index contributed by atoms with van der Waals surface area (Å²) in [4.78, 5) is 69.0. The number of methoxy groups -OCH3 is 2. The van der Waals surface area contributed by atoms with Crippen LogP contribution in [-0.2, 0) is 40.0 Å². The number of nitrogens with zero attached hydrogens (tertiary/aromatic N) is 9. The SMILES string of the molecule is C.CC#CC#CC#CC#CC#CC#CC#CC#CC#CC.CNCc1cccnc1-c1cccc(Cl)c1.COc1c(C(=O)Cc2cnoc2)nc(Cl)n(C)c1=O.COc1c(C(=O)Cc2cnoc2)nc(N(C)Cc2cccnc2-c2cccc(Cl)c2)n(C)c1=O. The zero-order chi connectivity index (χ0) is 64.3. The summed E-state index contributed by atoms with van der Waals surface area (Å²) in [6, 6.07) is 23.0. The topological polar surface area (TPSA) is 215 Å². The zero-order valence-corrected chi connectivity index (χ0v) is 51.4. The first-order valence-electron chi connectivity index (χ1n) is 26.0. The molecule has 0 radical (unpaired) electrons. The minimum absolute atomic E-state index is 0. The van der Waals surface area contributed by atoms with E-state index < -0.39 is 16.9 Å². The quantitative estimate of drug-likeness (QED) is 0.0575. The third-order valence-electron chi connectivity index (χ3n) is 11.3. The molecule has 0 atom stereocenters. The molecule has 0 fully saturated rings. The number of anilines is 1. The van der Waals surface area contributed by atoms with E-state index in [1.807, 2.05) is 67.7 Å². The van der Waals surface area contributed by atoms with Gasteiger partial charge < -0.3 is 28.7 Å². The Labute approximate surface area is 537 Å². The summed E-state index contributed by atoms with van der Waals surface area (Å²) in [7, 11) is 9.37. The van der Waals surface area contributed by atoms with Crippen LogP contribution in [0.4, 0.5) is 5.95 Å². The number of benzene rings is 2. The van der Waals surface area contributed by atoms with Gasteiger partial charge in [0.15, 0.2) is 23.0 Å². The van der Waals surface area contributed by atoms with Gasteiger partial charge in [-0.25, -0.2) is 9.97 Å². The molecule has 0 aliphatic rings. The van der Waals surface area contributed by atoms with Gasteiger partial charge in [0, 0.05) is 91.8 Å². The fourth-order valence-electron chi connectivity index (χ4n) is 7.40. The van der Waals surface area contributed by atoms with Gasteiger partial charge in [-0.2, -0.15) is 0 Å². The number of ether oxygens (including phenoxy) is 2. The van der Waals surface area contributed by atoms with E-state index in [2.05, 4.69) is 153 Å². The molecule has 0 aliphatic carbocycles. The predicted octanol–water partition coefficient (Wildman–Crippen LogP) is 9.22.